The fourth-order valence-corrected chi connectivity index (χ4v) is 2.64. The van der Waals surface area contributed by atoms with Crippen LogP contribution >= 0.6 is 0 Å². The highest BCUT2D eigenvalue weighted by atomic mass is 16.5. The van der Waals surface area contributed by atoms with E-state index in [2.05, 4.69) is 5.32 Å². The predicted octanol–water partition coefficient (Wildman–Crippen LogP) is 2.85. The predicted molar refractivity (Wildman–Crippen MR) is 100 cm³/mol. The van der Waals surface area contributed by atoms with Gasteiger partial charge in [0, 0.05) is 17.1 Å². The third-order valence-electron chi connectivity index (χ3n) is 4.07. The first-order valence-electron chi connectivity index (χ1n) is 8.72. The molecule has 1 aromatic heterocycles. The summed E-state index contributed by atoms with van der Waals surface area (Å²) in [5.41, 5.74) is 2.39. The molecule has 7 nitrogen and oxygen atoms in total. The van der Waals surface area contributed by atoms with Gasteiger partial charge in [0.15, 0.2) is 6.10 Å². The van der Waals surface area contributed by atoms with Gasteiger partial charge in [-0.1, -0.05) is 18.2 Å². The van der Waals surface area contributed by atoms with Crippen LogP contribution in [0.25, 0.3) is 0 Å². The van der Waals surface area contributed by atoms with Gasteiger partial charge in [0.25, 0.3) is 5.91 Å². The number of aromatic nitrogens is 1. The van der Waals surface area contributed by atoms with Gasteiger partial charge in [-0.3, -0.25) is 9.59 Å². The van der Waals surface area contributed by atoms with Crippen LogP contribution in [0.15, 0.2) is 36.4 Å². The number of ether oxygens (including phenoxy) is 2. The smallest absolute Gasteiger partial charge is 0.339 e. The van der Waals surface area contributed by atoms with E-state index in [1.54, 1.807) is 55.7 Å². The fraction of sp³-hybridized carbons (Fsp3) is 0.350. The number of benzene rings is 1. The minimum absolute atomic E-state index is 0.0972. The van der Waals surface area contributed by atoms with Crippen LogP contribution in [-0.2, 0) is 25.6 Å². The number of nitrogens with one attached hydrogen (secondary N) is 1. The minimum Gasteiger partial charge on any atom is -0.462 e. The van der Waals surface area contributed by atoms with Gasteiger partial charge in [0.2, 0.25) is 0 Å². The standard InChI is InChI=1S/C20H24N2O5/c1-5-26-20(25)17-11-13(2)22(14(17)3)12-18(23)27-15(4)19(24)21-16-9-7-6-8-10-16/h6-11,15H,5,12H2,1-4H3,(H,21,24). The molecule has 0 spiro atoms. The Labute approximate surface area is 158 Å². The Hall–Kier alpha value is -3.09. The molecule has 0 aliphatic rings. The Morgan fingerprint density at radius 1 is 1.15 bits per heavy atom. The van der Waals surface area contributed by atoms with Crippen molar-refractivity contribution >= 4 is 23.5 Å². The third-order valence-corrected chi connectivity index (χ3v) is 4.07. The lowest BCUT2D eigenvalue weighted by Gasteiger charge is -2.15. The molecule has 0 aliphatic heterocycles. The Morgan fingerprint density at radius 2 is 1.81 bits per heavy atom. The van der Waals surface area contributed by atoms with Crippen molar-refractivity contribution in [3.8, 4) is 0 Å². The summed E-state index contributed by atoms with van der Waals surface area (Å²) < 4.78 is 11.9. The first-order valence-corrected chi connectivity index (χ1v) is 8.72. The molecule has 0 fully saturated rings. The average molecular weight is 372 g/mol. The van der Waals surface area contributed by atoms with E-state index >= 15 is 0 Å². The molecule has 1 atom stereocenters. The van der Waals surface area contributed by atoms with Crippen LogP contribution in [0.2, 0.25) is 0 Å². The van der Waals surface area contributed by atoms with Crippen molar-refractivity contribution in [3.05, 3.63) is 53.3 Å². The minimum atomic E-state index is -0.946. The summed E-state index contributed by atoms with van der Waals surface area (Å²) in [6.45, 7) is 6.94. The van der Waals surface area contributed by atoms with Crippen molar-refractivity contribution in [3.63, 3.8) is 0 Å². The van der Waals surface area contributed by atoms with Gasteiger partial charge in [-0.25, -0.2) is 4.79 Å². The van der Waals surface area contributed by atoms with Gasteiger partial charge in [-0.2, -0.15) is 0 Å². The molecule has 1 unspecified atom stereocenters. The zero-order valence-corrected chi connectivity index (χ0v) is 15.9. The van der Waals surface area contributed by atoms with Gasteiger partial charge in [0.1, 0.15) is 6.54 Å². The van der Waals surface area contributed by atoms with Crippen molar-refractivity contribution < 1.29 is 23.9 Å². The van der Waals surface area contributed by atoms with Crippen LogP contribution in [0.5, 0.6) is 0 Å². The summed E-state index contributed by atoms with van der Waals surface area (Å²) in [5, 5.41) is 2.68. The van der Waals surface area contributed by atoms with Gasteiger partial charge < -0.3 is 19.4 Å². The molecule has 0 bridgehead atoms. The molecule has 1 amide bonds. The number of anilines is 1. The lowest BCUT2D eigenvalue weighted by molar-refractivity contribution is -0.153. The van der Waals surface area contributed by atoms with E-state index in [0.29, 0.717) is 16.9 Å². The molecule has 0 saturated heterocycles. The Bertz CT molecular complexity index is 826. The quantitative estimate of drug-likeness (QED) is 0.755. The molecule has 0 aliphatic carbocycles. The van der Waals surface area contributed by atoms with Crippen molar-refractivity contribution in [1.82, 2.24) is 4.57 Å². The second-order valence-corrected chi connectivity index (χ2v) is 6.08. The number of nitrogens with zero attached hydrogens (tertiary/aromatic N) is 1. The van der Waals surface area contributed by atoms with E-state index in [-0.39, 0.29) is 13.2 Å². The molecule has 27 heavy (non-hydrogen) atoms. The Morgan fingerprint density at radius 3 is 2.44 bits per heavy atom. The van der Waals surface area contributed by atoms with E-state index in [1.165, 1.54) is 6.92 Å². The SMILES string of the molecule is CCOC(=O)c1cc(C)n(CC(=O)OC(C)C(=O)Nc2ccccc2)c1C. The molecule has 0 saturated carbocycles. The van der Waals surface area contributed by atoms with Crippen LogP contribution in [0, 0.1) is 13.8 Å². The van der Waals surface area contributed by atoms with Crippen molar-refractivity contribution in [1.29, 1.82) is 0 Å². The lowest BCUT2D eigenvalue weighted by atomic mass is 10.2. The van der Waals surface area contributed by atoms with E-state index in [4.69, 9.17) is 9.47 Å². The summed E-state index contributed by atoms with van der Waals surface area (Å²) in [6.07, 6.45) is -0.946. The maximum absolute atomic E-state index is 12.2. The average Bonchev–Trinajstić information content (AvgIpc) is 2.91. The monoisotopic (exact) mass is 372 g/mol. The summed E-state index contributed by atoms with van der Waals surface area (Å²) in [5.74, 6) is -1.41. The molecule has 7 heteroatoms. The number of para-hydroxylation sites is 1. The van der Waals surface area contributed by atoms with E-state index in [1.807, 2.05) is 6.07 Å². The molecule has 1 aromatic carbocycles. The Kier molecular flexibility index (Phi) is 6.76. The number of esters is 2. The van der Waals surface area contributed by atoms with E-state index in [0.717, 1.165) is 5.69 Å². The van der Waals surface area contributed by atoms with Crippen LogP contribution in [0.1, 0.15) is 35.6 Å². The number of rotatable bonds is 7. The third kappa shape index (κ3) is 5.20. The zero-order valence-electron chi connectivity index (χ0n) is 15.9. The number of carbonyl (C=O) groups is 3. The second-order valence-electron chi connectivity index (χ2n) is 6.08. The zero-order chi connectivity index (χ0) is 20.0. The molecular formula is C20H24N2O5. The van der Waals surface area contributed by atoms with Crippen molar-refractivity contribution in [2.75, 3.05) is 11.9 Å². The molecule has 144 valence electrons. The van der Waals surface area contributed by atoms with Crippen LogP contribution in [-0.4, -0.2) is 35.1 Å². The molecule has 1 heterocycles. The van der Waals surface area contributed by atoms with E-state index < -0.39 is 23.9 Å². The highest BCUT2D eigenvalue weighted by Crippen LogP contribution is 2.17. The number of carbonyl (C=O) groups excluding carboxylic acids is 3. The summed E-state index contributed by atoms with van der Waals surface area (Å²) >= 11 is 0. The maximum Gasteiger partial charge on any atom is 0.339 e. The second kappa shape index (κ2) is 9.02. The van der Waals surface area contributed by atoms with Crippen LogP contribution < -0.4 is 5.32 Å². The number of aryl methyl sites for hydroxylation is 1. The topological polar surface area (TPSA) is 86.6 Å². The summed E-state index contributed by atoms with van der Waals surface area (Å²) in [6, 6.07) is 10.6. The van der Waals surface area contributed by atoms with Crippen molar-refractivity contribution in [2.45, 2.75) is 40.3 Å². The van der Waals surface area contributed by atoms with Gasteiger partial charge in [-0.05, 0) is 45.9 Å². The maximum atomic E-state index is 12.2. The number of amides is 1. The first kappa shape index (κ1) is 20.2. The van der Waals surface area contributed by atoms with Crippen LogP contribution in [0.4, 0.5) is 5.69 Å². The molecule has 1 N–H and O–H groups in total. The molecule has 2 aromatic rings. The summed E-state index contributed by atoms with van der Waals surface area (Å²) in [7, 11) is 0. The Balaban J connectivity index is 1.99. The molecule has 0 radical (unpaired) electrons. The van der Waals surface area contributed by atoms with Gasteiger partial charge >= 0.3 is 11.9 Å². The van der Waals surface area contributed by atoms with E-state index in [9.17, 15) is 14.4 Å². The molecular weight excluding hydrogens is 348 g/mol. The fourth-order valence-electron chi connectivity index (χ4n) is 2.64. The normalized spacial score (nSPS) is 11.6. The van der Waals surface area contributed by atoms with Gasteiger partial charge in [-0.15, -0.1) is 0 Å². The highest BCUT2D eigenvalue weighted by Gasteiger charge is 2.21. The van der Waals surface area contributed by atoms with Crippen LogP contribution in [0.3, 0.4) is 0 Å². The van der Waals surface area contributed by atoms with Crippen molar-refractivity contribution in [2.24, 2.45) is 0 Å². The number of hydrogen-bond acceptors (Lipinski definition) is 5. The van der Waals surface area contributed by atoms with Gasteiger partial charge in [0.05, 0.1) is 12.2 Å². The largest absolute Gasteiger partial charge is 0.462 e. The summed E-state index contributed by atoms with van der Waals surface area (Å²) in [4.78, 5) is 36.3. The first-order chi connectivity index (χ1) is 12.8. The lowest BCUT2D eigenvalue weighted by Crippen LogP contribution is -2.31. The number of hydrogen-bond donors (Lipinski definition) is 1. The highest BCUT2D eigenvalue weighted by molar-refractivity contribution is 5.95. The molecule has 2 rings (SSSR count).